The van der Waals surface area contributed by atoms with Gasteiger partial charge in [-0.15, -0.1) is 11.3 Å². The van der Waals surface area contributed by atoms with Gasteiger partial charge in [-0.1, -0.05) is 0 Å². The summed E-state index contributed by atoms with van der Waals surface area (Å²) < 4.78 is 22.8. The van der Waals surface area contributed by atoms with Crippen LogP contribution in [0, 0.1) is 0 Å². The van der Waals surface area contributed by atoms with Crippen LogP contribution in [0.25, 0.3) is 0 Å². The SMILES string of the molecule is O=C(O)c1csc(N2CCCS(=O)(=O)CC2)n1. The van der Waals surface area contributed by atoms with Crippen molar-refractivity contribution >= 4 is 32.3 Å². The Kier molecular flexibility index (Phi) is 3.34. The molecule has 0 atom stereocenters. The van der Waals surface area contributed by atoms with Crippen LogP contribution in [0.1, 0.15) is 16.9 Å². The summed E-state index contributed by atoms with van der Waals surface area (Å²) in [6.45, 7) is 0.987. The van der Waals surface area contributed by atoms with E-state index in [4.69, 9.17) is 5.11 Å². The maximum absolute atomic E-state index is 11.4. The average molecular weight is 276 g/mol. The molecule has 6 nitrogen and oxygen atoms in total. The second kappa shape index (κ2) is 4.61. The Morgan fingerprint density at radius 1 is 1.41 bits per heavy atom. The zero-order valence-electron chi connectivity index (χ0n) is 9.00. The normalized spacial score (nSPS) is 19.9. The lowest BCUT2D eigenvalue weighted by atomic mass is 10.4. The van der Waals surface area contributed by atoms with Crippen molar-refractivity contribution in [3.8, 4) is 0 Å². The van der Waals surface area contributed by atoms with Crippen molar-refractivity contribution in [1.29, 1.82) is 0 Å². The van der Waals surface area contributed by atoms with Crippen molar-refractivity contribution in [2.75, 3.05) is 29.5 Å². The molecule has 17 heavy (non-hydrogen) atoms. The minimum Gasteiger partial charge on any atom is -0.476 e. The fraction of sp³-hybridized carbons (Fsp3) is 0.556. The molecule has 0 saturated carbocycles. The molecule has 0 radical (unpaired) electrons. The number of nitrogens with zero attached hydrogens (tertiary/aromatic N) is 2. The molecule has 1 aliphatic rings. The fourth-order valence-corrected chi connectivity index (χ4v) is 3.76. The Hall–Kier alpha value is -1.15. The summed E-state index contributed by atoms with van der Waals surface area (Å²) in [4.78, 5) is 16.5. The molecule has 1 aliphatic heterocycles. The molecular weight excluding hydrogens is 264 g/mol. The lowest BCUT2D eigenvalue weighted by Gasteiger charge is -2.17. The van der Waals surface area contributed by atoms with Gasteiger partial charge in [-0.25, -0.2) is 18.2 Å². The van der Waals surface area contributed by atoms with Gasteiger partial charge in [-0.2, -0.15) is 0 Å². The minimum atomic E-state index is -2.95. The first-order chi connectivity index (χ1) is 7.98. The van der Waals surface area contributed by atoms with Crippen LogP contribution >= 0.6 is 11.3 Å². The van der Waals surface area contributed by atoms with Crippen LogP contribution in [0.5, 0.6) is 0 Å². The maximum Gasteiger partial charge on any atom is 0.355 e. The van der Waals surface area contributed by atoms with Crippen LogP contribution in [0.4, 0.5) is 5.13 Å². The van der Waals surface area contributed by atoms with E-state index in [1.165, 1.54) is 16.7 Å². The van der Waals surface area contributed by atoms with Gasteiger partial charge >= 0.3 is 5.97 Å². The molecule has 1 aromatic rings. The molecule has 0 aliphatic carbocycles. The van der Waals surface area contributed by atoms with E-state index < -0.39 is 15.8 Å². The first kappa shape index (κ1) is 12.3. The number of carboxylic acids is 1. The third kappa shape index (κ3) is 2.95. The van der Waals surface area contributed by atoms with Crippen LogP contribution in [-0.2, 0) is 9.84 Å². The van der Waals surface area contributed by atoms with E-state index in [1.54, 1.807) is 0 Å². The van der Waals surface area contributed by atoms with Crippen LogP contribution < -0.4 is 4.90 Å². The van der Waals surface area contributed by atoms with Crippen LogP contribution in [-0.4, -0.2) is 49.1 Å². The van der Waals surface area contributed by atoms with E-state index in [9.17, 15) is 13.2 Å². The Morgan fingerprint density at radius 3 is 2.82 bits per heavy atom. The summed E-state index contributed by atoms with van der Waals surface area (Å²) in [6, 6.07) is 0. The van der Waals surface area contributed by atoms with Crippen LogP contribution in [0.2, 0.25) is 0 Å². The Balaban J connectivity index is 2.14. The van der Waals surface area contributed by atoms with Gasteiger partial charge in [0.25, 0.3) is 0 Å². The molecule has 1 aromatic heterocycles. The number of carbonyl (C=O) groups is 1. The summed E-state index contributed by atoms with van der Waals surface area (Å²) in [7, 11) is -2.95. The second-order valence-corrected chi connectivity index (χ2v) is 6.95. The predicted molar refractivity (Wildman–Crippen MR) is 64.6 cm³/mol. The molecule has 2 heterocycles. The van der Waals surface area contributed by atoms with Gasteiger partial charge in [0, 0.05) is 18.5 Å². The van der Waals surface area contributed by atoms with Crippen LogP contribution in [0.3, 0.4) is 0 Å². The van der Waals surface area contributed by atoms with Gasteiger partial charge < -0.3 is 10.0 Å². The Labute approximate surface area is 103 Å². The number of hydrogen-bond donors (Lipinski definition) is 1. The number of rotatable bonds is 2. The summed E-state index contributed by atoms with van der Waals surface area (Å²) in [6.07, 6.45) is 0.560. The highest BCUT2D eigenvalue weighted by atomic mass is 32.2. The quantitative estimate of drug-likeness (QED) is 0.844. The van der Waals surface area contributed by atoms with Gasteiger partial charge in [-0.3, -0.25) is 0 Å². The second-order valence-electron chi connectivity index (χ2n) is 3.81. The first-order valence-electron chi connectivity index (χ1n) is 5.12. The number of thiazole rings is 1. The number of anilines is 1. The molecule has 0 aromatic carbocycles. The lowest BCUT2D eigenvalue weighted by Crippen LogP contribution is -2.26. The molecule has 0 spiro atoms. The summed E-state index contributed by atoms with van der Waals surface area (Å²) in [5, 5.41) is 10.8. The van der Waals surface area contributed by atoms with Crippen molar-refractivity contribution in [1.82, 2.24) is 4.98 Å². The van der Waals surface area contributed by atoms with Crippen molar-refractivity contribution in [3.63, 3.8) is 0 Å². The van der Waals surface area contributed by atoms with E-state index in [-0.39, 0.29) is 17.2 Å². The lowest BCUT2D eigenvalue weighted by molar-refractivity contribution is 0.0691. The van der Waals surface area contributed by atoms with E-state index in [0.29, 0.717) is 24.6 Å². The zero-order chi connectivity index (χ0) is 12.5. The molecule has 94 valence electrons. The minimum absolute atomic E-state index is 0.0112. The van der Waals surface area contributed by atoms with E-state index in [0.717, 1.165) is 0 Å². The molecule has 2 rings (SSSR count). The molecule has 1 fully saturated rings. The molecule has 0 amide bonds. The third-order valence-electron chi connectivity index (χ3n) is 2.54. The highest BCUT2D eigenvalue weighted by Gasteiger charge is 2.21. The largest absolute Gasteiger partial charge is 0.476 e. The first-order valence-corrected chi connectivity index (χ1v) is 7.82. The summed E-state index contributed by atoms with van der Waals surface area (Å²) >= 11 is 1.23. The van der Waals surface area contributed by atoms with Crippen molar-refractivity contribution in [2.45, 2.75) is 6.42 Å². The van der Waals surface area contributed by atoms with Gasteiger partial charge in [0.05, 0.1) is 11.5 Å². The average Bonchev–Trinajstić information content (AvgIpc) is 2.65. The number of hydrogen-bond acceptors (Lipinski definition) is 6. The Bertz CT molecular complexity index is 523. The smallest absolute Gasteiger partial charge is 0.355 e. The van der Waals surface area contributed by atoms with Crippen molar-refractivity contribution in [3.05, 3.63) is 11.1 Å². The predicted octanol–water partition coefficient (Wildman–Crippen LogP) is 0.466. The summed E-state index contributed by atoms with van der Waals surface area (Å²) in [5.74, 6) is -0.759. The number of carboxylic acid groups (broad SMARTS) is 1. The molecule has 1 N–H and O–H groups in total. The molecule has 8 heteroatoms. The van der Waals surface area contributed by atoms with Gasteiger partial charge in [0.2, 0.25) is 0 Å². The van der Waals surface area contributed by atoms with Crippen LogP contribution in [0.15, 0.2) is 5.38 Å². The monoisotopic (exact) mass is 276 g/mol. The van der Waals surface area contributed by atoms with Crippen molar-refractivity contribution in [2.24, 2.45) is 0 Å². The zero-order valence-corrected chi connectivity index (χ0v) is 10.6. The molecule has 1 saturated heterocycles. The Morgan fingerprint density at radius 2 is 2.18 bits per heavy atom. The van der Waals surface area contributed by atoms with E-state index >= 15 is 0 Å². The number of sulfone groups is 1. The van der Waals surface area contributed by atoms with Gasteiger partial charge in [0.15, 0.2) is 20.7 Å². The van der Waals surface area contributed by atoms with E-state index in [1.807, 2.05) is 4.90 Å². The molecular formula is C9H12N2O4S2. The van der Waals surface area contributed by atoms with Gasteiger partial charge in [-0.05, 0) is 6.42 Å². The highest BCUT2D eigenvalue weighted by Crippen LogP contribution is 2.22. The topological polar surface area (TPSA) is 87.6 Å². The molecule has 0 unspecified atom stereocenters. The summed E-state index contributed by atoms with van der Waals surface area (Å²) in [5.41, 5.74) is 0.0112. The fourth-order valence-electron chi connectivity index (χ4n) is 1.64. The van der Waals surface area contributed by atoms with Crippen molar-refractivity contribution < 1.29 is 18.3 Å². The maximum atomic E-state index is 11.4. The standard InChI is InChI=1S/C9H12N2O4S2/c12-8(13)7-6-16-9(10-7)11-2-1-4-17(14,15)5-3-11/h6H,1-5H2,(H,12,13). The highest BCUT2D eigenvalue weighted by molar-refractivity contribution is 7.91. The van der Waals surface area contributed by atoms with E-state index in [2.05, 4.69) is 4.98 Å². The third-order valence-corrected chi connectivity index (χ3v) is 5.15. The number of aromatic carboxylic acids is 1. The van der Waals surface area contributed by atoms with Gasteiger partial charge in [0.1, 0.15) is 0 Å². The number of aromatic nitrogens is 1. The molecule has 0 bridgehead atoms.